The molecule has 146 valence electrons. The highest BCUT2D eigenvalue weighted by Crippen LogP contribution is 2.39. The van der Waals surface area contributed by atoms with Crippen molar-refractivity contribution in [3.63, 3.8) is 0 Å². The number of aryl methyl sites for hydroxylation is 1. The number of nitrogens with zero attached hydrogens (tertiary/aromatic N) is 3. The summed E-state index contributed by atoms with van der Waals surface area (Å²) >= 11 is 0. The quantitative estimate of drug-likeness (QED) is 0.400. The summed E-state index contributed by atoms with van der Waals surface area (Å²) in [5.74, 6) is -1.38. The van der Waals surface area contributed by atoms with Gasteiger partial charge in [0.2, 0.25) is 0 Å². The number of carbonyl (C=O) groups excluding carboxylic acids is 2. The van der Waals surface area contributed by atoms with Crippen LogP contribution in [-0.2, 0) is 16.1 Å². The van der Waals surface area contributed by atoms with E-state index in [1.165, 1.54) is 0 Å². The van der Waals surface area contributed by atoms with Crippen LogP contribution in [-0.4, -0.2) is 37.8 Å². The van der Waals surface area contributed by atoms with Crippen molar-refractivity contribution in [1.29, 1.82) is 0 Å². The highest BCUT2D eigenvalue weighted by atomic mass is 16.3. The SMILES string of the molecule is O=C1C(=O)N(CCCn2ccnc2)[C@@H](c2ccccc2)/C1=C(\O)c1ccccc1. The molecule has 1 atom stereocenters. The number of aliphatic hydroxyl groups is 1. The second kappa shape index (κ2) is 8.14. The highest BCUT2D eigenvalue weighted by molar-refractivity contribution is 6.46. The van der Waals surface area contributed by atoms with Crippen LogP contribution in [0.1, 0.15) is 23.6 Å². The second-order valence-electron chi connectivity index (χ2n) is 6.92. The van der Waals surface area contributed by atoms with E-state index in [9.17, 15) is 14.7 Å². The molecule has 0 unspecified atom stereocenters. The van der Waals surface area contributed by atoms with Gasteiger partial charge in [-0.1, -0.05) is 60.7 Å². The molecule has 6 heteroatoms. The summed E-state index contributed by atoms with van der Waals surface area (Å²) in [6, 6.07) is 17.6. The van der Waals surface area contributed by atoms with E-state index in [1.807, 2.05) is 47.2 Å². The Labute approximate surface area is 168 Å². The van der Waals surface area contributed by atoms with Gasteiger partial charge >= 0.3 is 0 Å². The first-order chi connectivity index (χ1) is 14.2. The lowest BCUT2D eigenvalue weighted by atomic mass is 9.95. The van der Waals surface area contributed by atoms with Crippen molar-refractivity contribution in [2.75, 3.05) is 6.54 Å². The van der Waals surface area contributed by atoms with Crippen LogP contribution in [0.4, 0.5) is 0 Å². The summed E-state index contributed by atoms with van der Waals surface area (Å²) in [6.45, 7) is 1.08. The number of imidazole rings is 1. The largest absolute Gasteiger partial charge is 0.507 e. The summed E-state index contributed by atoms with van der Waals surface area (Å²) in [7, 11) is 0. The van der Waals surface area contributed by atoms with Crippen molar-refractivity contribution >= 4 is 17.4 Å². The standard InChI is InChI=1S/C23H21N3O3/c27-21(18-10-5-2-6-11-18)19-20(17-8-3-1-4-9-17)26(23(29)22(19)28)14-7-13-25-15-12-24-16-25/h1-6,8-12,15-16,20,27H,7,13-14H2/b21-19+/t20-/m0/s1. The van der Waals surface area contributed by atoms with Gasteiger partial charge < -0.3 is 14.6 Å². The van der Waals surface area contributed by atoms with Gasteiger partial charge in [-0.2, -0.15) is 0 Å². The highest BCUT2D eigenvalue weighted by Gasteiger charge is 2.45. The number of Topliss-reactive ketones (excluding diaryl/α,β-unsaturated/α-hetero) is 1. The average Bonchev–Trinajstić information content (AvgIpc) is 3.37. The molecule has 4 rings (SSSR count). The van der Waals surface area contributed by atoms with Crippen LogP contribution in [0.25, 0.3) is 5.76 Å². The maximum absolute atomic E-state index is 12.9. The molecule has 1 aliphatic heterocycles. The van der Waals surface area contributed by atoms with Crippen molar-refractivity contribution in [1.82, 2.24) is 14.5 Å². The maximum Gasteiger partial charge on any atom is 0.295 e. The number of likely N-dealkylation sites (tertiary alicyclic amines) is 1. The van der Waals surface area contributed by atoms with Gasteiger partial charge in [0.25, 0.3) is 11.7 Å². The second-order valence-corrected chi connectivity index (χ2v) is 6.92. The molecule has 29 heavy (non-hydrogen) atoms. The van der Waals surface area contributed by atoms with E-state index >= 15 is 0 Å². The van der Waals surface area contributed by atoms with Crippen LogP contribution in [0.2, 0.25) is 0 Å². The van der Waals surface area contributed by atoms with E-state index < -0.39 is 17.7 Å². The van der Waals surface area contributed by atoms with Crippen molar-refractivity contribution in [3.8, 4) is 0 Å². The fourth-order valence-corrected chi connectivity index (χ4v) is 3.69. The third-order valence-corrected chi connectivity index (χ3v) is 5.08. The van der Waals surface area contributed by atoms with Crippen molar-refractivity contribution in [3.05, 3.63) is 96.1 Å². The Balaban J connectivity index is 1.70. The lowest BCUT2D eigenvalue weighted by Crippen LogP contribution is -2.31. The number of benzene rings is 2. The predicted molar refractivity (Wildman–Crippen MR) is 109 cm³/mol. The number of amides is 1. The number of ketones is 1. The van der Waals surface area contributed by atoms with Gasteiger partial charge in [-0.25, -0.2) is 4.98 Å². The van der Waals surface area contributed by atoms with Gasteiger partial charge in [0.15, 0.2) is 0 Å². The molecule has 0 saturated carbocycles. The lowest BCUT2D eigenvalue weighted by molar-refractivity contribution is -0.139. The molecular weight excluding hydrogens is 366 g/mol. The molecule has 1 N–H and O–H groups in total. The van der Waals surface area contributed by atoms with Gasteiger partial charge in [0.05, 0.1) is 17.9 Å². The van der Waals surface area contributed by atoms with Crippen LogP contribution < -0.4 is 0 Å². The molecule has 1 aromatic heterocycles. The normalized spacial score (nSPS) is 18.3. The average molecular weight is 387 g/mol. The molecule has 1 aliphatic rings. The Morgan fingerprint density at radius 1 is 0.966 bits per heavy atom. The van der Waals surface area contributed by atoms with Crippen LogP contribution >= 0.6 is 0 Å². The van der Waals surface area contributed by atoms with E-state index in [2.05, 4.69) is 4.98 Å². The Hall–Kier alpha value is -3.67. The third-order valence-electron chi connectivity index (χ3n) is 5.08. The van der Waals surface area contributed by atoms with Gasteiger partial charge in [-0.05, 0) is 12.0 Å². The minimum Gasteiger partial charge on any atom is -0.507 e. The van der Waals surface area contributed by atoms with Gasteiger partial charge in [-0.3, -0.25) is 9.59 Å². The van der Waals surface area contributed by atoms with Gasteiger partial charge in [0.1, 0.15) is 5.76 Å². The predicted octanol–water partition coefficient (Wildman–Crippen LogP) is 3.40. The number of hydrogen-bond acceptors (Lipinski definition) is 4. The van der Waals surface area contributed by atoms with E-state index in [1.54, 1.807) is 41.7 Å². The lowest BCUT2D eigenvalue weighted by Gasteiger charge is -2.25. The monoisotopic (exact) mass is 387 g/mol. The molecule has 0 radical (unpaired) electrons. The number of aliphatic hydroxyl groups excluding tert-OH is 1. The molecule has 1 saturated heterocycles. The first-order valence-corrected chi connectivity index (χ1v) is 9.51. The number of carbonyl (C=O) groups is 2. The molecule has 2 heterocycles. The maximum atomic E-state index is 12.9. The minimum atomic E-state index is -0.650. The van der Waals surface area contributed by atoms with E-state index in [0.29, 0.717) is 25.1 Å². The smallest absolute Gasteiger partial charge is 0.295 e. The molecule has 6 nitrogen and oxygen atoms in total. The van der Waals surface area contributed by atoms with E-state index in [4.69, 9.17) is 0 Å². The summed E-state index contributed by atoms with van der Waals surface area (Å²) < 4.78 is 1.93. The zero-order chi connectivity index (χ0) is 20.2. The molecule has 3 aromatic rings. The zero-order valence-corrected chi connectivity index (χ0v) is 15.8. The fourth-order valence-electron chi connectivity index (χ4n) is 3.69. The Morgan fingerprint density at radius 2 is 1.66 bits per heavy atom. The minimum absolute atomic E-state index is 0.134. The molecule has 0 bridgehead atoms. The first-order valence-electron chi connectivity index (χ1n) is 9.51. The molecule has 1 fully saturated rings. The van der Waals surface area contributed by atoms with Crippen LogP contribution in [0.15, 0.2) is 85.0 Å². The number of hydrogen-bond donors (Lipinski definition) is 1. The fraction of sp³-hybridized carbons (Fsp3) is 0.174. The molecular formula is C23H21N3O3. The van der Waals surface area contributed by atoms with Crippen LogP contribution in [0.5, 0.6) is 0 Å². The Kier molecular flexibility index (Phi) is 5.24. The molecule has 2 aromatic carbocycles. The zero-order valence-electron chi connectivity index (χ0n) is 15.8. The summed E-state index contributed by atoms with van der Waals surface area (Å²) in [5, 5.41) is 10.9. The summed E-state index contributed by atoms with van der Waals surface area (Å²) in [5.41, 5.74) is 1.45. The van der Waals surface area contributed by atoms with Crippen LogP contribution in [0, 0.1) is 0 Å². The summed E-state index contributed by atoms with van der Waals surface area (Å²) in [6.07, 6.45) is 5.95. The third kappa shape index (κ3) is 3.69. The Morgan fingerprint density at radius 3 is 2.31 bits per heavy atom. The van der Waals surface area contributed by atoms with Gasteiger partial charge in [0, 0.05) is 31.0 Å². The van der Waals surface area contributed by atoms with Gasteiger partial charge in [-0.15, -0.1) is 0 Å². The van der Waals surface area contributed by atoms with Crippen molar-refractivity contribution in [2.24, 2.45) is 0 Å². The topological polar surface area (TPSA) is 75.4 Å². The molecule has 1 amide bonds. The molecule has 0 aliphatic carbocycles. The Bertz CT molecular complexity index is 1030. The van der Waals surface area contributed by atoms with Crippen molar-refractivity contribution in [2.45, 2.75) is 19.0 Å². The molecule has 0 spiro atoms. The van der Waals surface area contributed by atoms with Crippen molar-refractivity contribution < 1.29 is 14.7 Å². The van der Waals surface area contributed by atoms with Crippen LogP contribution in [0.3, 0.4) is 0 Å². The van der Waals surface area contributed by atoms with E-state index in [0.717, 1.165) is 5.56 Å². The summed E-state index contributed by atoms with van der Waals surface area (Å²) in [4.78, 5) is 31.3. The first kappa shape index (κ1) is 18.7. The van der Waals surface area contributed by atoms with E-state index in [-0.39, 0.29) is 11.3 Å². The number of rotatable bonds is 6. The number of aromatic nitrogens is 2.